The molecule has 0 spiro atoms. The van der Waals surface area contributed by atoms with Crippen molar-refractivity contribution in [1.82, 2.24) is 19.4 Å². The molecule has 5 rings (SSSR count). The van der Waals surface area contributed by atoms with Crippen molar-refractivity contribution in [2.45, 2.75) is 26.2 Å². The van der Waals surface area contributed by atoms with Gasteiger partial charge in [0.25, 0.3) is 5.56 Å². The Labute approximate surface area is 215 Å². The molecule has 3 heterocycles. The Morgan fingerprint density at radius 1 is 1.08 bits per heavy atom. The first-order chi connectivity index (χ1) is 17.5. The van der Waals surface area contributed by atoms with Gasteiger partial charge in [-0.2, -0.15) is 4.98 Å². The van der Waals surface area contributed by atoms with Crippen LogP contribution in [0.25, 0.3) is 22.2 Å². The summed E-state index contributed by atoms with van der Waals surface area (Å²) < 4.78 is 7.46. The van der Waals surface area contributed by atoms with Gasteiger partial charge in [-0.05, 0) is 74.8 Å². The minimum Gasteiger partial charge on any atom is -0.492 e. The molecule has 8 heteroatoms. The summed E-state index contributed by atoms with van der Waals surface area (Å²) >= 11 is 6.43. The quantitative estimate of drug-likeness (QED) is 0.355. The molecule has 0 atom stereocenters. The number of anilines is 2. The monoisotopic (exact) mass is 503 g/mol. The van der Waals surface area contributed by atoms with Crippen molar-refractivity contribution in [2.75, 3.05) is 31.6 Å². The number of hydrogen-bond donors (Lipinski definition) is 1. The molecule has 36 heavy (non-hydrogen) atoms. The zero-order chi connectivity index (χ0) is 25.1. The summed E-state index contributed by atoms with van der Waals surface area (Å²) in [6.45, 7) is 5.93. The van der Waals surface area contributed by atoms with E-state index in [4.69, 9.17) is 16.3 Å². The van der Waals surface area contributed by atoms with E-state index in [1.54, 1.807) is 23.9 Å². The van der Waals surface area contributed by atoms with E-state index in [0.29, 0.717) is 28.8 Å². The van der Waals surface area contributed by atoms with Gasteiger partial charge in [0.2, 0.25) is 5.95 Å². The fourth-order valence-corrected chi connectivity index (χ4v) is 5.02. The number of pyridine rings is 1. The summed E-state index contributed by atoms with van der Waals surface area (Å²) in [6.07, 6.45) is 5.63. The summed E-state index contributed by atoms with van der Waals surface area (Å²) in [5.41, 5.74) is 3.44. The van der Waals surface area contributed by atoms with Crippen molar-refractivity contribution in [2.24, 2.45) is 7.05 Å². The van der Waals surface area contributed by atoms with E-state index in [-0.39, 0.29) is 5.56 Å². The van der Waals surface area contributed by atoms with Crippen molar-refractivity contribution >= 4 is 34.3 Å². The van der Waals surface area contributed by atoms with Crippen molar-refractivity contribution in [1.29, 1.82) is 0 Å². The molecule has 1 aliphatic heterocycles. The second-order valence-electron chi connectivity index (χ2n) is 9.23. The fourth-order valence-electron chi connectivity index (χ4n) is 4.70. The van der Waals surface area contributed by atoms with Crippen molar-refractivity contribution < 1.29 is 4.74 Å². The number of nitrogens with one attached hydrogen (secondary N) is 1. The van der Waals surface area contributed by atoms with Crippen LogP contribution < -0.4 is 15.6 Å². The molecular weight excluding hydrogens is 474 g/mol. The number of halogens is 1. The maximum absolute atomic E-state index is 13.2. The van der Waals surface area contributed by atoms with Crippen LogP contribution in [0.1, 0.15) is 24.8 Å². The zero-order valence-electron chi connectivity index (χ0n) is 20.6. The summed E-state index contributed by atoms with van der Waals surface area (Å²) in [5.74, 6) is 1.25. The SMILES string of the molecule is Cc1cccc(Cl)c1-c1cc2cnc(Nc3ccc(OCCN4CCCCC4)cc3)nc2n(C)c1=O. The lowest BCUT2D eigenvalue weighted by Crippen LogP contribution is -2.33. The number of aromatic nitrogens is 3. The van der Waals surface area contributed by atoms with Crippen LogP contribution in [0.15, 0.2) is 59.5 Å². The lowest BCUT2D eigenvalue weighted by Gasteiger charge is -2.26. The molecule has 1 aliphatic rings. The molecule has 1 N–H and O–H groups in total. The molecule has 7 nitrogen and oxygen atoms in total. The second-order valence-corrected chi connectivity index (χ2v) is 9.63. The molecule has 4 aromatic rings. The molecular formula is C28H30ClN5O2. The Bertz CT molecular complexity index is 1410. The highest BCUT2D eigenvalue weighted by Gasteiger charge is 2.15. The molecule has 2 aromatic heterocycles. The van der Waals surface area contributed by atoms with E-state index in [1.165, 1.54) is 32.4 Å². The highest BCUT2D eigenvalue weighted by Crippen LogP contribution is 2.30. The maximum atomic E-state index is 13.2. The van der Waals surface area contributed by atoms with Gasteiger partial charge >= 0.3 is 0 Å². The van der Waals surface area contributed by atoms with Crippen LogP contribution in [-0.2, 0) is 7.05 Å². The normalized spacial score (nSPS) is 14.2. The number of benzene rings is 2. The summed E-state index contributed by atoms with van der Waals surface area (Å²) in [6, 6.07) is 15.2. The number of rotatable bonds is 7. The van der Waals surface area contributed by atoms with Crippen LogP contribution in [0, 0.1) is 6.92 Å². The van der Waals surface area contributed by atoms with Crippen molar-refractivity contribution in [3.05, 3.63) is 75.7 Å². The third kappa shape index (κ3) is 5.22. The molecule has 0 aliphatic carbocycles. The second kappa shape index (κ2) is 10.7. The first-order valence-corrected chi connectivity index (χ1v) is 12.7. The predicted octanol–water partition coefficient (Wildman–Crippen LogP) is 5.57. The molecule has 186 valence electrons. The Balaban J connectivity index is 1.30. The van der Waals surface area contributed by atoms with Gasteiger partial charge in [-0.25, -0.2) is 4.98 Å². The lowest BCUT2D eigenvalue weighted by atomic mass is 10.0. The Morgan fingerprint density at radius 2 is 1.86 bits per heavy atom. The maximum Gasteiger partial charge on any atom is 0.259 e. The third-order valence-corrected chi connectivity index (χ3v) is 6.99. The van der Waals surface area contributed by atoms with Crippen molar-refractivity contribution in [3.63, 3.8) is 0 Å². The highest BCUT2D eigenvalue weighted by atomic mass is 35.5. The fraction of sp³-hybridized carbons (Fsp3) is 0.321. The Kier molecular flexibility index (Phi) is 7.20. The van der Waals surface area contributed by atoms with Gasteiger partial charge in [0.1, 0.15) is 18.0 Å². The summed E-state index contributed by atoms with van der Waals surface area (Å²) in [4.78, 5) is 24.7. The number of fused-ring (bicyclic) bond motifs is 1. The van der Waals surface area contributed by atoms with E-state index < -0.39 is 0 Å². The van der Waals surface area contributed by atoms with Gasteiger partial charge in [-0.1, -0.05) is 30.2 Å². The van der Waals surface area contributed by atoms with Crippen molar-refractivity contribution in [3.8, 4) is 16.9 Å². The van der Waals surface area contributed by atoms with Gasteiger partial charge in [0, 0.05) is 47.0 Å². The molecule has 2 aromatic carbocycles. The first-order valence-electron chi connectivity index (χ1n) is 12.3. The van der Waals surface area contributed by atoms with Crippen LogP contribution in [0.5, 0.6) is 5.75 Å². The van der Waals surface area contributed by atoms with E-state index in [1.807, 2.05) is 49.4 Å². The number of likely N-dealkylation sites (tertiary alicyclic amines) is 1. The third-order valence-electron chi connectivity index (χ3n) is 6.68. The number of nitrogens with zero attached hydrogens (tertiary/aromatic N) is 4. The summed E-state index contributed by atoms with van der Waals surface area (Å²) in [5, 5.41) is 4.52. The minimum absolute atomic E-state index is 0.158. The topological polar surface area (TPSA) is 72.3 Å². The largest absolute Gasteiger partial charge is 0.492 e. The molecule has 0 unspecified atom stereocenters. The number of piperidine rings is 1. The molecule has 0 bridgehead atoms. The van der Waals surface area contributed by atoms with Crippen LogP contribution in [-0.4, -0.2) is 45.7 Å². The van der Waals surface area contributed by atoms with Gasteiger partial charge in [0.05, 0.1) is 0 Å². The predicted molar refractivity (Wildman–Crippen MR) is 145 cm³/mol. The van der Waals surface area contributed by atoms with E-state index in [9.17, 15) is 4.79 Å². The lowest BCUT2D eigenvalue weighted by molar-refractivity contribution is 0.183. The van der Waals surface area contributed by atoms with Gasteiger partial charge in [0.15, 0.2) is 0 Å². The van der Waals surface area contributed by atoms with Gasteiger partial charge in [-0.15, -0.1) is 0 Å². The number of aryl methyl sites for hydroxylation is 2. The Hall–Kier alpha value is -3.42. The standard InChI is InChI=1S/C28H30ClN5O2/c1-19-7-6-8-24(29)25(19)23-17-20-18-30-28(32-26(20)33(2)27(23)35)31-21-9-11-22(12-10-21)36-16-15-34-13-4-3-5-14-34/h6-12,17-18H,3-5,13-16H2,1-2H3,(H,30,31,32). The van der Waals surface area contributed by atoms with Crippen LogP contribution in [0.4, 0.5) is 11.6 Å². The minimum atomic E-state index is -0.158. The van der Waals surface area contributed by atoms with Crippen LogP contribution >= 0.6 is 11.6 Å². The van der Waals surface area contributed by atoms with Crippen LogP contribution in [0.2, 0.25) is 5.02 Å². The molecule has 1 fully saturated rings. The molecule has 0 radical (unpaired) electrons. The molecule has 1 saturated heterocycles. The Morgan fingerprint density at radius 3 is 2.61 bits per heavy atom. The zero-order valence-corrected chi connectivity index (χ0v) is 21.4. The number of ether oxygens (including phenoxy) is 1. The van der Waals surface area contributed by atoms with E-state index in [2.05, 4.69) is 20.2 Å². The summed E-state index contributed by atoms with van der Waals surface area (Å²) in [7, 11) is 1.72. The molecule has 0 saturated carbocycles. The molecule has 0 amide bonds. The average Bonchev–Trinajstić information content (AvgIpc) is 2.89. The van der Waals surface area contributed by atoms with E-state index in [0.717, 1.165) is 34.5 Å². The van der Waals surface area contributed by atoms with Crippen LogP contribution in [0.3, 0.4) is 0 Å². The van der Waals surface area contributed by atoms with E-state index >= 15 is 0 Å². The number of hydrogen-bond acceptors (Lipinski definition) is 6. The smallest absolute Gasteiger partial charge is 0.259 e. The average molecular weight is 504 g/mol. The highest BCUT2D eigenvalue weighted by molar-refractivity contribution is 6.33. The first kappa shape index (κ1) is 24.3. The van der Waals surface area contributed by atoms with Gasteiger partial charge in [-0.3, -0.25) is 14.3 Å². The van der Waals surface area contributed by atoms with Gasteiger partial charge < -0.3 is 10.1 Å².